The van der Waals surface area contributed by atoms with Crippen molar-refractivity contribution in [1.82, 2.24) is 0 Å². The van der Waals surface area contributed by atoms with Gasteiger partial charge in [-0.15, -0.1) is 0 Å². The Kier molecular flexibility index (Phi) is 27.9. The summed E-state index contributed by atoms with van der Waals surface area (Å²) in [5.74, 6) is 0. The highest BCUT2D eigenvalue weighted by atomic mass is 16.3. The second-order valence-electron chi connectivity index (χ2n) is 10.1. The molecule has 0 aliphatic rings. The highest BCUT2D eigenvalue weighted by Crippen LogP contribution is 2.16. The molecule has 0 bridgehead atoms. The van der Waals surface area contributed by atoms with Crippen molar-refractivity contribution >= 4 is 0 Å². The standard InChI is InChI=1S/C29H60O2/c1-2-3-4-5-6-14-17-20-23-26-29(31)27-24-21-18-15-12-10-8-7-9-11-13-16-19-22-25-28-30/h29-31H,2-28H2,1H3/t29-/m0/s1. The van der Waals surface area contributed by atoms with E-state index in [1.165, 1.54) is 148 Å². The first-order valence-corrected chi connectivity index (χ1v) is 14.6. The van der Waals surface area contributed by atoms with Crippen LogP contribution in [0.15, 0.2) is 0 Å². The third-order valence-corrected chi connectivity index (χ3v) is 6.84. The van der Waals surface area contributed by atoms with Crippen molar-refractivity contribution in [3.8, 4) is 0 Å². The van der Waals surface area contributed by atoms with Crippen LogP contribution in [-0.4, -0.2) is 22.9 Å². The van der Waals surface area contributed by atoms with Gasteiger partial charge in [0.15, 0.2) is 0 Å². The van der Waals surface area contributed by atoms with Gasteiger partial charge in [-0.2, -0.15) is 0 Å². The van der Waals surface area contributed by atoms with E-state index >= 15 is 0 Å². The molecule has 0 saturated heterocycles. The van der Waals surface area contributed by atoms with Crippen molar-refractivity contribution in [3.63, 3.8) is 0 Å². The quantitative estimate of drug-likeness (QED) is 0.125. The van der Waals surface area contributed by atoms with Gasteiger partial charge < -0.3 is 10.2 Å². The Labute approximate surface area is 197 Å². The molecule has 0 aromatic rings. The van der Waals surface area contributed by atoms with Crippen LogP contribution in [0.2, 0.25) is 0 Å². The number of rotatable bonds is 27. The van der Waals surface area contributed by atoms with Crippen molar-refractivity contribution in [3.05, 3.63) is 0 Å². The SMILES string of the molecule is CCCCCCCCCCC[C@H](O)CCCCCCCCCCCCCCCCCO. The number of unbranched alkanes of at least 4 members (excludes halogenated alkanes) is 22. The lowest BCUT2D eigenvalue weighted by Crippen LogP contribution is -2.05. The third-order valence-electron chi connectivity index (χ3n) is 6.84. The largest absolute Gasteiger partial charge is 0.396 e. The van der Waals surface area contributed by atoms with Crippen LogP contribution in [0.5, 0.6) is 0 Å². The van der Waals surface area contributed by atoms with E-state index < -0.39 is 0 Å². The van der Waals surface area contributed by atoms with Gasteiger partial charge in [0.2, 0.25) is 0 Å². The summed E-state index contributed by atoms with van der Waals surface area (Å²) >= 11 is 0. The Morgan fingerprint density at radius 3 is 0.935 bits per heavy atom. The molecule has 0 aliphatic carbocycles. The molecule has 0 fully saturated rings. The van der Waals surface area contributed by atoms with Crippen molar-refractivity contribution in [2.24, 2.45) is 0 Å². The summed E-state index contributed by atoms with van der Waals surface area (Å²) in [7, 11) is 0. The molecule has 1 atom stereocenters. The lowest BCUT2D eigenvalue weighted by atomic mass is 10.0. The Hall–Kier alpha value is -0.0800. The van der Waals surface area contributed by atoms with E-state index in [9.17, 15) is 5.11 Å². The molecule has 0 unspecified atom stereocenters. The highest BCUT2D eigenvalue weighted by molar-refractivity contribution is 4.58. The second-order valence-corrected chi connectivity index (χ2v) is 10.1. The van der Waals surface area contributed by atoms with Crippen LogP contribution in [0.25, 0.3) is 0 Å². The summed E-state index contributed by atoms with van der Waals surface area (Å²) in [6.45, 7) is 2.64. The summed E-state index contributed by atoms with van der Waals surface area (Å²) < 4.78 is 0. The molecule has 0 rings (SSSR count). The number of hydrogen-bond acceptors (Lipinski definition) is 2. The molecule has 0 heterocycles. The minimum atomic E-state index is -0.0424. The van der Waals surface area contributed by atoms with Gasteiger partial charge in [-0.3, -0.25) is 0 Å². The van der Waals surface area contributed by atoms with Crippen LogP contribution in [0.1, 0.15) is 174 Å². The normalized spacial score (nSPS) is 12.5. The third kappa shape index (κ3) is 27.9. The Morgan fingerprint density at radius 2 is 0.645 bits per heavy atom. The molecule has 0 aromatic heterocycles. The van der Waals surface area contributed by atoms with Crippen LogP contribution in [-0.2, 0) is 0 Å². The molecule has 188 valence electrons. The Bertz CT molecular complexity index is 305. The molecular formula is C29H60O2. The van der Waals surface area contributed by atoms with Crippen LogP contribution in [0.4, 0.5) is 0 Å². The summed E-state index contributed by atoms with van der Waals surface area (Å²) in [5.41, 5.74) is 0. The zero-order chi connectivity index (χ0) is 22.7. The predicted octanol–water partition coefficient (Wildman–Crippen LogP) is 9.50. The van der Waals surface area contributed by atoms with Crippen molar-refractivity contribution < 1.29 is 10.2 Å². The average molecular weight is 441 g/mol. The Balaban J connectivity index is 3.11. The molecular weight excluding hydrogens is 380 g/mol. The summed E-state index contributed by atoms with van der Waals surface area (Å²) in [5, 5.41) is 18.9. The summed E-state index contributed by atoms with van der Waals surface area (Å²) in [6.07, 6.45) is 34.3. The van der Waals surface area contributed by atoms with Gasteiger partial charge in [-0.05, 0) is 19.3 Å². The van der Waals surface area contributed by atoms with Gasteiger partial charge in [0, 0.05) is 6.61 Å². The maximum Gasteiger partial charge on any atom is 0.0540 e. The lowest BCUT2D eigenvalue weighted by Gasteiger charge is -2.10. The number of aliphatic hydroxyl groups excluding tert-OH is 2. The van der Waals surface area contributed by atoms with E-state index in [0.717, 1.165) is 19.3 Å². The first kappa shape index (κ1) is 30.9. The minimum absolute atomic E-state index is 0.0424. The molecule has 0 amide bonds. The van der Waals surface area contributed by atoms with Gasteiger partial charge in [-0.1, -0.05) is 155 Å². The van der Waals surface area contributed by atoms with E-state index in [1.807, 2.05) is 0 Å². The van der Waals surface area contributed by atoms with Gasteiger partial charge in [-0.25, -0.2) is 0 Å². The monoisotopic (exact) mass is 440 g/mol. The molecule has 2 heteroatoms. The average Bonchev–Trinajstić information content (AvgIpc) is 2.77. The zero-order valence-electron chi connectivity index (χ0n) is 21.6. The highest BCUT2D eigenvalue weighted by Gasteiger charge is 2.03. The Morgan fingerprint density at radius 1 is 0.387 bits per heavy atom. The summed E-state index contributed by atoms with van der Waals surface area (Å²) in [6, 6.07) is 0. The molecule has 31 heavy (non-hydrogen) atoms. The van der Waals surface area contributed by atoms with Gasteiger partial charge >= 0.3 is 0 Å². The first-order chi connectivity index (χ1) is 15.3. The molecule has 0 saturated carbocycles. The van der Waals surface area contributed by atoms with Crippen molar-refractivity contribution in [2.75, 3.05) is 6.61 Å². The fourth-order valence-electron chi connectivity index (χ4n) is 4.62. The predicted molar refractivity (Wildman–Crippen MR) is 139 cm³/mol. The smallest absolute Gasteiger partial charge is 0.0540 e. The molecule has 2 N–H and O–H groups in total. The molecule has 0 aromatic carbocycles. The number of hydrogen-bond donors (Lipinski definition) is 2. The van der Waals surface area contributed by atoms with Crippen LogP contribution >= 0.6 is 0 Å². The van der Waals surface area contributed by atoms with E-state index in [1.54, 1.807) is 0 Å². The molecule has 2 nitrogen and oxygen atoms in total. The molecule has 0 radical (unpaired) electrons. The van der Waals surface area contributed by atoms with Gasteiger partial charge in [0.1, 0.15) is 0 Å². The van der Waals surface area contributed by atoms with E-state index in [0.29, 0.717) is 6.61 Å². The van der Waals surface area contributed by atoms with Crippen molar-refractivity contribution in [2.45, 2.75) is 180 Å². The van der Waals surface area contributed by atoms with Crippen molar-refractivity contribution in [1.29, 1.82) is 0 Å². The molecule has 0 spiro atoms. The maximum atomic E-state index is 10.2. The van der Waals surface area contributed by atoms with Crippen LogP contribution in [0.3, 0.4) is 0 Å². The maximum absolute atomic E-state index is 10.2. The topological polar surface area (TPSA) is 40.5 Å². The van der Waals surface area contributed by atoms with Crippen LogP contribution < -0.4 is 0 Å². The minimum Gasteiger partial charge on any atom is -0.396 e. The van der Waals surface area contributed by atoms with E-state index in [-0.39, 0.29) is 6.10 Å². The van der Waals surface area contributed by atoms with E-state index in [4.69, 9.17) is 5.11 Å². The summed E-state index contributed by atoms with van der Waals surface area (Å²) in [4.78, 5) is 0. The van der Waals surface area contributed by atoms with Gasteiger partial charge in [0.05, 0.1) is 6.10 Å². The lowest BCUT2D eigenvalue weighted by molar-refractivity contribution is 0.147. The fraction of sp³-hybridized carbons (Fsp3) is 1.00. The molecule has 0 aliphatic heterocycles. The van der Waals surface area contributed by atoms with E-state index in [2.05, 4.69) is 6.92 Å². The first-order valence-electron chi connectivity index (χ1n) is 14.6. The fourth-order valence-corrected chi connectivity index (χ4v) is 4.62. The zero-order valence-corrected chi connectivity index (χ0v) is 21.6. The van der Waals surface area contributed by atoms with Crippen LogP contribution in [0, 0.1) is 0 Å². The van der Waals surface area contributed by atoms with Gasteiger partial charge in [0.25, 0.3) is 0 Å². The second kappa shape index (κ2) is 28.0. The number of aliphatic hydroxyl groups is 2.